The molecule has 0 bridgehead atoms. The first kappa shape index (κ1) is 16.5. The third kappa shape index (κ3) is 4.85. The Bertz CT molecular complexity index is 410. The fraction of sp³-hybridized carbons (Fsp3) is 0.714. The normalized spacial score (nSPS) is 10.8. The summed E-state index contributed by atoms with van der Waals surface area (Å²) in [6.45, 7) is 10.7. The number of ether oxygens (including phenoxy) is 2. The van der Waals surface area contributed by atoms with E-state index in [1.165, 1.54) is 0 Å². The average molecular weight is 282 g/mol. The first-order valence-electron chi connectivity index (χ1n) is 7.21. The zero-order chi connectivity index (χ0) is 15.0. The molecule has 0 saturated heterocycles. The molecule has 1 aromatic heterocycles. The number of hydrogen-bond donors (Lipinski definition) is 2. The van der Waals surface area contributed by atoms with Gasteiger partial charge in [0.2, 0.25) is 5.88 Å². The third-order valence-electron chi connectivity index (χ3n) is 2.69. The lowest BCUT2D eigenvalue weighted by atomic mass is 10.2. The highest BCUT2D eigenvalue weighted by Gasteiger charge is 2.14. The van der Waals surface area contributed by atoms with E-state index in [-0.39, 0.29) is 5.92 Å². The fourth-order valence-electron chi connectivity index (χ4n) is 1.63. The Labute approximate surface area is 121 Å². The van der Waals surface area contributed by atoms with Crippen LogP contribution in [0.2, 0.25) is 0 Å². The van der Waals surface area contributed by atoms with Gasteiger partial charge in [0.25, 0.3) is 0 Å². The molecule has 1 rings (SSSR count). The molecule has 114 valence electrons. The summed E-state index contributed by atoms with van der Waals surface area (Å²) in [5.41, 5.74) is 6.50. The Morgan fingerprint density at radius 3 is 2.55 bits per heavy atom. The van der Waals surface area contributed by atoms with Crippen molar-refractivity contribution in [1.29, 1.82) is 0 Å². The summed E-state index contributed by atoms with van der Waals surface area (Å²) in [5, 5.41) is 3.23. The summed E-state index contributed by atoms with van der Waals surface area (Å²) in [5.74, 6) is 2.05. The fourth-order valence-corrected chi connectivity index (χ4v) is 1.63. The Morgan fingerprint density at radius 1 is 1.20 bits per heavy atom. The van der Waals surface area contributed by atoms with Crippen LogP contribution in [0.25, 0.3) is 0 Å². The van der Waals surface area contributed by atoms with Gasteiger partial charge in [-0.15, -0.1) is 0 Å². The van der Waals surface area contributed by atoms with Crippen molar-refractivity contribution < 1.29 is 9.47 Å². The molecule has 1 heterocycles. The molecule has 0 aromatic carbocycles. The van der Waals surface area contributed by atoms with E-state index in [0.717, 1.165) is 32.0 Å². The monoisotopic (exact) mass is 282 g/mol. The highest BCUT2D eigenvalue weighted by Crippen LogP contribution is 2.28. The quantitative estimate of drug-likeness (QED) is 0.677. The molecule has 1 aromatic rings. The molecule has 0 fully saturated rings. The van der Waals surface area contributed by atoms with Crippen LogP contribution < -0.4 is 15.8 Å². The highest BCUT2D eigenvalue weighted by molar-refractivity contribution is 5.67. The molecule has 0 aliphatic carbocycles. The van der Waals surface area contributed by atoms with Gasteiger partial charge >= 0.3 is 0 Å². The van der Waals surface area contributed by atoms with Crippen molar-refractivity contribution in [3.05, 3.63) is 5.82 Å². The van der Waals surface area contributed by atoms with E-state index in [4.69, 9.17) is 15.2 Å². The van der Waals surface area contributed by atoms with Crippen LogP contribution >= 0.6 is 0 Å². The van der Waals surface area contributed by atoms with Gasteiger partial charge < -0.3 is 20.5 Å². The molecule has 3 N–H and O–H groups in total. The van der Waals surface area contributed by atoms with Crippen LogP contribution in [0.1, 0.15) is 45.9 Å². The molecular weight excluding hydrogens is 256 g/mol. The molecule has 0 saturated carbocycles. The topological polar surface area (TPSA) is 82.3 Å². The predicted octanol–water partition coefficient (Wildman–Crippen LogP) is 2.42. The minimum absolute atomic E-state index is 0.221. The smallest absolute Gasteiger partial charge is 0.242 e. The summed E-state index contributed by atoms with van der Waals surface area (Å²) in [7, 11) is 0. The molecule has 6 heteroatoms. The second kappa shape index (κ2) is 8.58. The van der Waals surface area contributed by atoms with Crippen LogP contribution in [0, 0.1) is 0 Å². The zero-order valence-electron chi connectivity index (χ0n) is 12.9. The van der Waals surface area contributed by atoms with E-state index in [0.29, 0.717) is 24.0 Å². The first-order chi connectivity index (χ1) is 9.60. The van der Waals surface area contributed by atoms with Gasteiger partial charge in [0, 0.05) is 25.7 Å². The molecular formula is C14H26N4O2. The van der Waals surface area contributed by atoms with Gasteiger partial charge in [0.15, 0.2) is 5.82 Å². The number of nitrogens with zero attached hydrogens (tertiary/aromatic N) is 2. The summed E-state index contributed by atoms with van der Waals surface area (Å²) in [4.78, 5) is 8.82. The van der Waals surface area contributed by atoms with Gasteiger partial charge in [-0.25, -0.2) is 4.98 Å². The van der Waals surface area contributed by atoms with Crippen molar-refractivity contribution in [2.75, 3.05) is 37.4 Å². The van der Waals surface area contributed by atoms with E-state index in [1.807, 2.05) is 27.7 Å². The Kier molecular flexibility index (Phi) is 7.08. The predicted molar refractivity (Wildman–Crippen MR) is 81.3 cm³/mol. The van der Waals surface area contributed by atoms with Gasteiger partial charge in [0.05, 0.1) is 6.61 Å². The van der Waals surface area contributed by atoms with E-state index in [1.54, 1.807) is 0 Å². The summed E-state index contributed by atoms with van der Waals surface area (Å²) in [6.07, 6.45) is 0.901. The molecule has 0 atom stereocenters. The molecule has 0 radical (unpaired) electrons. The van der Waals surface area contributed by atoms with Crippen molar-refractivity contribution in [3.63, 3.8) is 0 Å². The van der Waals surface area contributed by atoms with Crippen molar-refractivity contribution in [3.8, 4) is 5.88 Å². The molecule has 0 amide bonds. The number of nitrogen functional groups attached to an aromatic ring is 1. The average Bonchev–Trinajstić information content (AvgIpc) is 2.42. The lowest BCUT2D eigenvalue weighted by Gasteiger charge is -2.14. The van der Waals surface area contributed by atoms with E-state index < -0.39 is 0 Å². The van der Waals surface area contributed by atoms with Crippen LogP contribution in [0.5, 0.6) is 5.88 Å². The van der Waals surface area contributed by atoms with Crippen molar-refractivity contribution >= 4 is 11.5 Å². The molecule has 0 aliphatic rings. The second-order valence-electron chi connectivity index (χ2n) is 4.71. The van der Waals surface area contributed by atoms with Crippen LogP contribution in [0.3, 0.4) is 0 Å². The molecule has 0 aliphatic heterocycles. The SMILES string of the molecule is CCOCCCNc1nc(C(C)C)nc(OCC)c1N. The van der Waals surface area contributed by atoms with Gasteiger partial charge in [-0.3, -0.25) is 0 Å². The van der Waals surface area contributed by atoms with E-state index >= 15 is 0 Å². The van der Waals surface area contributed by atoms with Gasteiger partial charge in [0.1, 0.15) is 11.5 Å². The van der Waals surface area contributed by atoms with Gasteiger partial charge in [-0.05, 0) is 20.3 Å². The zero-order valence-corrected chi connectivity index (χ0v) is 12.9. The number of nitrogens with one attached hydrogen (secondary N) is 1. The third-order valence-corrected chi connectivity index (χ3v) is 2.69. The van der Waals surface area contributed by atoms with Crippen LogP contribution in [0.4, 0.5) is 11.5 Å². The summed E-state index contributed by atoms with van der Waals surface area (Å²) >= 11 is 0. The summed E-state index contributed by atoms with van der Waals surface area (Å²) < 4.78 is 10.8. The molecule has 6 nitrogen and oxygen atoms in total. The minimum Gasteiger partial charge on any atom is -0.476 e. The van der Waals surface area contributed by atoms with E-state index in [2.05, 4.69) is 15.3 Å². The minimum atomic E-state index is 0.221. The number of anilines is 2. The number of aromatic nitrogens is 2. The highest BCUT2D eigenvalue weighted by atomic mass is 16.5. The summed E-state index contributed by atoms with van der Waals surface area (Å²) in [6, 6.07) is 0. The largest absolute Gasteiger partial charge is 0.476 e. The van der Waals surface area contributed by atoms with Gasteiger partial charge in [-0.2, -0.15) is 4.98 Å². The second-order valence-corrected chi connectivity index (χ2v) is 4.71. The van der Waals surface area contributed by atoms with Crippen molar-refractivity contribution in [1.82, 2.24) is 9.97 Å². The number of hydrogen-bond acceptors (Lipinski definition) is 6. The lowest BCUT2D eigenvalue weighted by Crippen LogP contribution is -2.13. The maximum atomic E-state index is 6.04. The Morgan fingerprint density at radius 2 is 1.95 bits per heavy atom. The van der Waals surface area contributed by atoms with Crippen LogP contribution in [-0.4, -0.2) is 36.3 Å². The number of rotatable bonds is 9. The van der Waals surface area contributed by atoms with Crippen molar-refractivity contribution in [2.24, 2.45) is 0 Å². The van der Waals surface area contributed by atoms with Crippen LogP contribution in [0.15, 0.2) is 0 Å². The maximum absolute atomic E-state index is 6.04. The van der Waals surface area contributed by atoms with Crippen molar-refractivity contribution in [2.45, 2.75) is 40.0 Å². The molecule has 0 spiro atoms. The first-order valence-corrected chi connectivity index (χ1v) is 7.21. The Balaban J connectivity index is 2.76. The Hall–Kier alpha value is -1.56. The standard InChI is InChI=1S/C14H26N4O2/c1-5-19-9-7-8-16-13-11(15)14(20-6-2)18-12(17-13)10(3)4/h10H,5-9,15H2,1-4H3,(H,16,17,18). The molecule has 0 unspecified atom stereocenters. The molecule has 20 heavy (non-hydrogen) atoms. The lowest BCUT2D eigenvalue weighted by molar-refractivity contribution is 0.147. The maximum Gasteiger partial charge on any atom is 0.242 e. The van der Waals surface area contributed by atoms with Crippen LogP contribution in [-0.2, 0) is 4.74 Å². The van der Waals surface area contributed by atoms with Gasteiger partial charge in [-0.1, -0.05) is 13.8 Å². The van der Waals surface area contributed by atoms with E-state index in [9.17, 15) is 0 Å². The number of nitrogens with two attached hydrogens (primary N) is 1.